The first-order valence-electron chi connectivity index (χ1n) is 6.27. The van der Waals surface area contributed by atoms with Crippen LogP contribution in [0.3, 0.4) is 0 Å². The van der Waals surface area contributed by atoms with Gasteiger partial charge in [-0.2, -0.15) is 11.8 Å². The van der Waals surface area contributed by atoms with Gasteiger partial charge in [-0.15, -0.1) is 11.3 Å². The van der Waals surface area contributed by atoms with Crippen molar-refractivity contribution in [1.82, 2.24) is 4.98 Å². The minimum Gasteiger partial charge on any atom is -0.318 e. The van der Waals surface area contributed by atoms with Gasteiger partial charge >= 0.3 is 0 Å². The quantitative estimate of drug-likeness (QED) is 0.844. The minimum absolute atomic E-state index is 0.104. The molecule has 104 valence electrons. The van der Waals surface area contributed by atoms with Crippen LogP contribution in [0, 0.1) is 6.92 Å². The lowest BCUT2D eigenvalue weighted by Gasteiger charge is -2.08. The highest BCUT2D eigenvalue weighted by atomic mass is 35.5. The van der Waals surface area contributed by atoms with E-state index in [4.69, 9.17) is 11.6 Å². The van der Waals surface area contributed by atoms with Crippen molar-refractivity contribution in [3.63, 3.8) is 0 Å². The molecule has 3 heterocycles. The second-order valence-electron chi connectivity index (χ2n) is 4.61. The average molecular weight is 325 g/mol. The van der Waals surface area contributed by atoms with E-state index in [0.717, 1.165) is 28.4 Å². The molecule has 0 spiro atoms. The van der Waals surface area contributed by atoms with Crippen LogP contribution in [0.1, 0.15) is 25.7 Å². The van der Waals surface area contributed by atoms with Gasteiger partial charge in [0, 0.05) is 16.8 Å². The summed E-state index contributed by atoms with van der Waals surface area (Å²) in [6.45, 7) is 1.90. The molecule has 3 nitrogen and oxygen atoms in total. The van der Waals surface area contributed by atoms with E-state index in [2.05, 4.69) is 10.3 Å². The summed E-state index contributed by atoms with van der Waals surface area (Å²) in [7, 11) is 0. The first-order chi connectivity index (χ1) is 9.65. The summed E-state index contributed by atoms with van der Waals surface area (Å²) in [5, 5.41) is 3.20. The van der Waals surface area contributed by atoms with Gasteiger partial charge in [0.15, 0.2) is 5.15 Å². The zero-order chi connectivity index (χ0) is 14.1. The number of hydrogen-bond donors (Lipinski definition) is 1. The summed E-state index contributed by atoms with van der Waals surface area (Å²) in [4.78, 5) is 18.4. The van der Waals surface area contributed by atoms with Crippen LogP contribution in [-0.4, -0.2) is 16.6 Å². The molecule has 6 heteroatoms. The Hall–Kier alpha value is -1.04. The molecule has 2 aromatic rings. The second-order valence-corrected chi connectivity index (χ2v) is 7.21. The molecular formula is C14H13ClN2OS2. The van der Waals surface area contributed by atoms with E-state index < -0.39 is 0 Å². The topological polar surface area (TPSA) is 42.0 Å². The van der Waals surface area contributed by atoms with E-state index >= 15 is 0 Å². The molecule has 3 rings (SSSR count). The molecule has 0 saturated carbocycles. The number of anilines is 1. The molecule has 0 radical (unpaired) electrons. The monoisotopic (exact) mass is 324 g/mol. The maximum absolute atomic E-state index is 12.3. The Labute approximate surface area is 130 Å². The number of carbonyl (C=O) groups is 1. The van der Waals surface area contributed by atoms with Crippen LogP contribution >= 0.6 is 34.7 Å². The van der Waals surface area contributed by atoms with Crippen LogP contribution in [0.2, 0.25) is 5.15 Å². The summed E-state index contributed by atoms with van der Waals surface area (Å²) in [5.41, 5.74) is 2.81. The van der Waals surface area contributed by atoms with Gasteiger partial charge in [0.05, 0.1) is 10.6 Å². The zero-order valence-electron chi connectivity index (χ0n) is 10.9. The lowest BCUT2D eigenvalue weighted by molar-refractivity contribution is 0.103. The summed E-state index contributed by atoms with van der Waals surface area (Å²) >= 11 is 9.54. The fourth-order valence-corrected chi connectivity index (χ4v) is 4.63. The molecule has 1 amide bonds. The number of fused-ring (bicyclic) bond motifs is 1. The number of nitrogens with one attached hydrogen (secondary N) is 1. The van der Waals surface area contributed by atoms with Gasteiger partial charge in [0.1, 0.15) is 0 Å². The second kappa shape index (κ2) is 5.76. The van der Waals surface area contributed by atoms with Crippen LogP contribution in [0.15, 0.2) is 18.3 Å². The maximum atomic E-state index is 12.3. The fourth-order valence-electron chi connectivity index (χ4n) is 2.11. The number of thiophene rings is 1. The Kier molecular flexibility index (Phi) is 4.01. The molecule has 0 atom stereocenters. The zero-order valence-corrected chi connectivity index (χ0v) is 13.3. The van der Waals surface area contributed by atoms with Gasteiger partial charge in [-0.3, -0.25) is 4.79 Å². The molecule has 2 aromatic heterocycles. The molecule has 20 heavy (non-hydrogen) atoms. The third-order valence-corrected chi connectivity index (χ3v) is 5.73. The van der Waals surface area contributed by atoms with Crippen molar-refractivity contribution < 1.29 is 4.79 Å². The minimum atomic E-state index is -0.104. The van der Waals surface area contributed by atoms with Crippen LogP contribution < -0.4 is 5.32 Å². The summed E-state index contributed by atoms with van der Waals surface area (Å²) in [6, 6.07) is 3.83. The van der Waals surface area contributed by atoms with E-state index in [1.165, 1.54) is 10.4 Å². The van der Waals surface area contributed by atoms with Gasteiger partial charge in [-0.25, -0.2) is 4.98 Å². The Morgan fingerprint density at radius 1 is 1.50 bits per heavy atom. The molecular weight excluding hydrogens is 312 g/mol. The molecule has 0 aliphatic carbocycles. The number of aromatic nitrogens is 1. The lowest BCUT2D eigenvalue weighted by Crippen LogP contribution is -2.12. The number of carbonyl (C=O) groups excluding carboxylic acids is 1. The molecule has 1 aliphatic rings. The van der Waals surface area contributed by atoms with Gasteiger partial charge in [0.25, 0.3) is 5.91 Å². The predicted octanol–water partition coefficient (Wildman–Crippen LogP) is 4.15. The van der Waals surface area contributed by atoms with E-state index in [9.17, 15) is 4.79 Å². The van der Waals surface area contributed by atoms with Gasteiger partial charge in [-0.1, -0.05) is 11.6 Å². The normalized spacial score (nSPS) is 13.9. The van der Waals surface area contributed by atoms with Crippen LogP contribution in [0.5, 0.6) is 0 Å². The Bertz CT molecular complexity index is 625. The summed E-state index contributed by atoms with van der Waals surface area (Å²) < 4.78 is 0. The number of halogens is 1. The van der Waals surface area contributed by atoms with Crippen molar-refractivity contribution in [3.8, 4) is 0 Å². The number of thioether (sulfide) groups is 1. The molecule has 0 saturated heterocycles. The van der Waals surface area contributed by atoms with Crippen molar-refractivity contribution in [1.29, 1.82) is 0 Å². The van der Waals surface area contributed by atoms with Crippen molar-refractivity contribution in [2.24, 2.45) is 0 Å². The molecule has 0 fully saturated rings. The molecule has 0 aromatic carbocycles. The predicted molar refractivity (Wildman–Crippen MR) is 86.1 cm³/mol. The number of hydrogen-bond acceptors (Lipinski definition) is 4. The van der Waals surface area contributed by atoms with Gasteiger partial charge in [0.2, 0.25) is 0 Å². The number of amides is 1. The standard InChI is InChI=1S/C14H13ClN2OS2/c1-8-2-4-16-13(15)12(8)17-14(18)11-6-9-7-19-5-3-10(9)20-11/h2,4,6H,3,5,7H2,1H3,(H,17,18). The SMILES string of the molecule is Cc1ccnc(Cl)c1NC(=O)c1cc2c(s1)CCSC2. The first-order valence-corrected chi connectivity index (χ1v) is 8.62. The number of rotatable bonds is 2. The highest BCUT2D eigenvalue weighted by Crippen LogP contribution is 2.32. The fraction of sp³-hybridized carbons (Fsp3) is 0.286. The lowest BCUT2D eigenvalue weighted by atomic mass is 10.2. The van der Waals surface area contributed by atoms with Crippen LogP contribution in [-0.2, 0) is 12.2 Å². The molecule has 0 unspecified atom stereocenters. The third kappa shape index (κ3) is 2.71. The van der Waals surface area contributed by atoms with Gasteiger partial charge < -0.3 is 5.32 Å². The van der Waals surface area contributed by atoms with Gasteiger partial charge in [-0.05, 0) is 42.4 Å². The highest BCUT2D eigenvalue weighted by molar-refractivity contribution is 7.98. The van der Waals surface area contributed by atoms with Crippen molar-refractivity contribution in [3.05, 3.63) is 44.4 Å². The van der Waals surface area contributed by atoms with E-state index in [0.29, 0.717) is 10.8 Å². The summed E-state index contributed by atoms with van der Waals surface area (Å²) in [5.74, 6) is 2.04. The Balaban J connectivity index is 1.84. The molecule has 1 aliphatic heterocycles. The smallest absolute Gasteiger partial charge is 0.265 e. The van der Waals surface area contributed by atoms with E-state index in [1.54, 1.807) is 17.5 Å². The highest BCUT2D eigenvalue weighted by Gasteiger charge is 2.18. The van der Waals surface area contributed by atoms with E-state index in [1.807, 2.05) is 30.8 Å². The third-order valence-electron chi connectivity index (χ3n) is 3.20. The van der Waals surface area contributed by atoms with Crippen molar-refractivity contribution >= 4 is 46.3 Å². The van der Waals surface area contributed by atoms with E-state index in [-0.39, 0.29) is 5.91 Å². The molecule has 1 N–H and O–H groups in total. The van der Waals surface area contributed by atoms with Crippen LogP contribution in [0.4, 0.5) is 5.69 Å². The number of pyridine rings is 1. The number of nitrogens with zero attached hydrogens (tertiary/aromatic N) is 1. The first kappa shape index (κ1) is 13.9. The van der Waals surface area contributed by atoms with Crippen molar-refractivity contribution in [2.45, 2.75) is 19.1 Å². The maximum Gasteiger partial charge on any atom is 0.265 e. The largest absolute Gasteiger partial charge is 0.318 e. The van der Waals surface area contributed by atoms with Crippen molar-refractivity contribution in [2.75, 3.05) is 11.1 Å². The Morgan fingerprint density at radius 2 is 2.35 bits per heavy atom. The average Bonchev–Trinajstić information content (AvgIpc) is 2.87. The molecule has 0 bridgehead atoms. The number of aryl methyl sites for hydroxylation is 2. The summed E-state index contributed by atoms with van der Waals surface area (Å²) in [6.07, 6.45) is 2.69. The van der Waals surface area contributed by atoms with Crippen LogP contribution in [0.25, 0.3) is 0 Å². The Morgan fingerprint density at radius 3 is 3.10 bits per heavy atom.